The number of H-pyrrole nitrogens is 1. The van der Waals surface area contributed by atoms with Crippen LogP contribution >= 0.6 is 0 Å². The van der Waals surface area contributed by atoms with Crippen LogP contribution < -0.4 is 0 Å². The van der Waals surface area contributed by atoms with E-state index in [0.717, 1.165) is 34.0 Å². The van der Waals surface area contributed by atoms with Crippen LogP contribution in [-0.4, -0.2) is 42.4 Å². The van der Waals surface area contributed by atoms with E-state index in [2.05, 4.69) is 20.0 Å². The highest BCUT2D eigenvalue weighted by Crippen LogP contribution is 2.15. The fraction of sp³-hybridized carbons (Fsp3) is 0.333. The number of imidazole rings is 1. The third-order valence-corrected chi connectivity index (χ3v) is 4.73. The van der Waals surface area contributed by atoms with Gasteiger partial charge in [-0.15, -0.1) is 0 Å². The predicted molar refractivity (Wildman–Crippen MR) is 107 cm³/mol. The standard InChI is InChI=1S/C21H25N5O2/c1-15-10-16(2)26(24-15)12-17(27)11-25(13-18-6-5-9-28-18)14-21-22-19-7-3-4-8-20(19)23-21/h3-10,17,27H,11-14H2,1-2H3,(H,22,23)/t17-/m1/s1. The van der Waals surface area contributed by atoms with E-state index in [1.54, 1.807) is 6.26 Å². The summed E-state index contributed by atoms with van der Waals surface area (Å²) in [6, 6.07) is 13.8. The highest BCUT2D eigenvalue weighted by molar-refractivity contribution is 5.74. The molecule has 0 fully saturated rings. The van der Waals surface area contributed by atoms with Crippen LogP contribution in [0.5, 0.6) is 0 Å². The monoisotopic (exact) mass is 379 g/mol. The summed E-state index contributed by atoms with van der Waals surface area (Å²) in [6.07, 6.45) is 1.11. The number of furan rings is 1. The van der Waals surface area contributed by atoms with Crippen LogP contribution in [-0.2, 0) is 19.6 Å². The summed E-state index contributed by atoms with van der Waals surface area (Å²) in [5.41, 5.74) is 3.96. The third kappa shape index (κ3) is 4.32. The van der Waals surface area contributed by atoms with Gasteiger partial charge in [0.2, 0.25) is 0 Å². The number of aromatic nitrogens is 4. The second-order valence-corrected chi connectivity index (χ2v) is 7.21. The minimum Gasteiger partial charge on any atom is -0.468 e. The van der Waals surface area contributed by atoms with Gasteiger partial charge < -0.3 is 14.5 Å². The summed E-state index contributed by atoms with van der Waals surface area (Å²) in [5.74, 6) is 1.72. The maximum Gasteiger partial charge on any atom is 0.121 e. The van der Waals surface area contributed by atoms with Crippen LogP contribution in [0.3, 0.4) is 0 Å². The van der Waals surface area contributed by atoms with Crippen molar-refractivity contribution in [3.8, 4) is 0 Å². The van der Waals surface area contributed by atoms with Gasteiger partial charge in [-0.25, -0.2) is 4.98 Å². The molecule has 0 aliphatic heterocycles. The number of nitrogens with zero attached hydrogens (tertiary/aromatic N) is 4. The zero-order valence-electron chi connectivity index (χ0n) is 16.2. The molecule has 3 aromatic heterocycles. The molecule has 2 N–H and O–H groups in total. The fourth-order valence-corrected chi connectivity index (χ4v) is 3.52. The van der Waals surface area contributed by atoms with Crippen molar-refractivity contribution >= 4 is 11.0 Å². The van der Waals surface area contributed by atoms with Crippen LogP contribution in [0, 0.1) is 13.8 Å². The Bertz CT molecular complexity index is 1000. The maximum atomic E-state index is 10.7. The SMILES string of the molecule is Cc1cc(C)n(C[C@H](O)CN(Cc2nc3ccccc3[nH]2)Cc2ccco2)n1. The molecule has 7 heteroatoms. The third-order valence-electron chi connectivity index (χ3n) is 4.73. The van der Waals surface area contributed by atoms with Gasteiger partial charge in [-0.05, 0) is 44.2 Å². The van der Waals surface area contributed by atoms with Crippen molar-refractivity contribution in [1.29, 1.82) is 0 Å². The summed E-state index contributed by atoms with van der Waals surface area (Å²) in [4.78, 5) is 10.2. The molecule has 0 spiro atoms. The molecule has 0 bridgehead atoms. The normalized spacial score (nSPS) is 12.9. The van der Waals surface area contributed by atoms with E-state index >= 15 is 0 Å². The van der Waals surface area contributed by atoms with Crippen LogP contribution in [0.2, 0.25) is 0 Å². The average Bonchev–Trinajstić information content (AvgIpc) is 3.35. The Labute approximate surface area is 163 Å². The number of fused-ring (bicyclic) bond motifs is 1. The van der Waals surface area contributed by atoms with Gasteiger partial charge in [0.05, 0.1) is 48.7 Å². The van der Waals surface area contributed by atoms with E-state index < -0.39 is 6.10 Å². The first-order chi connectivity index (χ1) is 13.6. The fourth-order valence-electron chi connectivity index (χ4n) is 3.52. The van der Waals surface area contributed by atoms with Crippen molar-refractivity contribution in [3.63, 3.8) is 0 Å². The van der Waals surface area contributed by atoms with Crippen molar-refractivity contribution in [2.75, 3.05) is 6.54 Å². The van der Waals surface area contributed by atoms with Crippen LogP contribution in [0.1, 0.15) is 23.0 Å². The second kappa shape index (κ2) is 8.00. The largest absolute Gasteiger partial charge is 0.468 e. The van der Waals surface area contributed by atoms with Gasteiger partial charge in [-0.3, -0.25) is 9.58 Å². The quantitative estimate of drug-likeness (QED) is 0.492. The Morgan fingerprint density at radius 1 is 1.18 bits per heavy atom. The van der Waals surface area contributed by atoms with E-state index in [0.29, 0.717) is 26.2 Å². The van der Waals surface area contributed by atoms with Crippen LogP contribution in [0.4, 0.5) is 0 Å². The van der Waals surface area contributed by atoms with Gasteiger partial charge in [-0.1, -0.05) is 12.1 Å². The highest BCUT2D eigenvalue weighted by atomic mass is 16.3. The molecule has 146 valence electrons. The van der Waals surface area contributed by atoms with E-state index in [1.165, 1.54) is 0 Å². The number of hydrogen-bond acceptors (Lipinski definition) is 5. The summed E-state index contributed by atoms with van der Waals surface area (Å²) in [7, 11) is 0. The van der Waals surface area contributed by atoms with E-state index in [4.69, 9.17) is 4.42 Å². The lowest BCUT2D eigenvalue weighted by atomic mass is 10.3. The molecule has 28 heavy (non-hydrogen) atoms. The van der Waals surface area contributed by atoms with Gasteiger partial charge >= 0.3 is 0 Å². The molecule has 0 aliphatic rings. The zero-order chi connectivity index (χ0) is 19.5. The topological polar surface area (TPSA) is 83.1 Å². The summed E-state index contributed by atoms with van der Waals surface area (Å²) < 4.78 is 7.36. The molecule has 0 saturated heterocycles. The number of aliphatic hydroxyl groups excluding tert-OH is 1. The van der Waals surface area contributed by atoms with Gasteiger partial charge in [0.25, 0.3) is 0 Å². The summed E-state index contributed by atoms with van der Waals surface area (Å²) in [5, 5.41) is 15.1. The maximum absolute atomic E-state index is 10.7. The number of aliphatic hydroxyl groups is 1. The molecular weight excluding hydrogens is 354 g/mol. The highest BCUT2D eigenvalue weighted by Gasteiger charge is 2.17. The van der Waals surface area contributed by atoms with Crippen molar-refractivity contribution in [3.05, 3.63) is 71.7 Å². The minimum absolute atomic E-state index is 0.453. The lowest BCUT2D eigenvalue weighted by Crippen LogP contribution is -2.34. The first-order valence-corrected chi connectivity index (χ1v) is 9.44. The molecule has 0 aliphatic carbocycles. The molecule has 3 heterocycles. The number of aryl methyl sites for hydroxylation is 2. The Morgan fingerprint density at radius 2 is 2.04 bits per heavy atom. The molecule has 0 amide bonds. The Kier molecular flexibility index (Phi) is 5.27. The first kappa shape index (κ1) is 18.5. The molecule has 0 unspecified atom stereocenters. The Balaban J connectivity index is 1.48. The lowest BCUT2D eigenvalue weighted by molar-refractivity contribution is 0.0828. The second-order valence-electron chi connectivity index (χ2n) is 7.21. The predicted octanol–water partition coefficient (Wildman–Crippen LogP) is 3.03. The van der Waals surface area contributed by atoms with E-state index in [9.17, 15) is 5.11 Å². The number of para-hydroxylation sites is 2. The molecule has 1 atom stereocenters. The van der Waals surface area contributed by atoms with Gasteiger partial charge in [0.1, 0.15) is 11.6 Å². The van der Waals surface area contributed by atoms with Crippen molar-refractivity contribution in [1.82, 2.24) is 24.6 Å². The number of benzene rings is 1. The number of rotatable bonds is 8. The van der Waals surface area contributed by atoms with Gasteiger partial charge in [-0.2, -0.15) is 5.10 Å². The minimum atomic E-state index is -0.558. The van der Waals surface area contributed by atoms with Crippen molar-refractivity contribution in [2.45, 2.75) is 39.6 Å². The Hall–Kier alpha value is -2.90. The van der Waals surface area contributed by atoms with Crippen molar-refractivity contribution < 1.29 is 9.52 Å². The molecule has 7 nitrogen and oxygen atoms in total. The first-order valence-electron chi connectivity index (χ1n) is 9.44. The molecule has 0 saturated carbocycles. The zero-order valence-corrected chi connectivity index (χ0v) is 16.2. The van der Waals surface area contributed by atoms with Gasteiger partial charge in [0.15, 0.2) is 0 Å². The van der Waals surface area contributed by atoms with E-state index in [-0.39, 0.29) is 0 Å². The molecule has 0 radical (unpaired) electrons. The molecule has 4 rings (SSSR count). The smallest absolute Gasteiger partial charge is 0.121 e. The van der Waals surface area contributed by atoms with Crippen molar-refractivity contribution in [2.24, 2.45) is 0 Å². The number of hydrogen-bond donors (Lipinski definition) is 2. The van der Waals surface area contributed by atoms with Crippen LogP contribution in [0.25, 0.3) is 11.0 Å². The molecule has 4 aromatic rings. The average molecular weight is 379 g/mol. The molecular formula is C21H25N5O2. The Morgan fingerprint density at radius 3 is 2.75 bits per heavy atom. The van der Waals surface area contributed by atoms with E-state index in [1.807, 2.05) is 61.0 Å². The summed E-state index contributed by atoms with van der Waals surface area (Å²) >= 11 is 0. The lowest BCUT2D eigenvalue weighted by Gasteiger charge is -2.23. The van der Waals surface area contributed by atoms with Crippen LogP contribution in [0.15, 0.2) is 53.1 Å². The number of nitrogens with one attached hydrogen (secondary N) is 1. The van der Waals surface area contributed by atoms with Gasteiger partial charge in [0, 0.05) is 12.2 Å². The number of aromatic amines is 1. The molecule has 1 aromatic carbocycles. The summed E-state index contributed by atoms with van der Waals surface area (Å²) in [6.45, 7) is 6.08.